The number of ether oxygens (including phenoxy) is 2. The first kappa shape index (κ1) is 18.9. The molecule has 5 fully saturated rings. The summed E-state index contributed by atoms with van der Waals surface area (Å²) in [7, 11) is 0. The summed E-state index contributed by atoms with van der Waals surface area (Å²) < 4.78 is 11.2. The number of esters is 1. The first-order chi connectivity index (χ1) is 14.5. The Morgan fingerprint density at radius 2 is 1.77 bits per heavy atom. The number of morpholine rings is 1. The second kappa shape index (κ2) is 6.83. The average Bonchev–Trinajstić information content (AvgIpc) is 3.09. The third kappa shape index (κ3) is 3.18. The van der Waals surface area contributed by atoms with Crippen molar-refractivity contribution in [2.24, 2.45) is 22.2 Å². The average molecular weight is 427 g/mol. The molecule has 158 valence electrons. The summed E-state index contributed by atoms with van der Waals surface area (Å²) in [6.45, 7) is 3.35. The van der Waals surface area contributed by atoms with Gasteiger partial charge in [-0.05, 0) is 74.1 Å². The normalized spacial score (nSPS) is 38.8. The summed E-state index contributed by atoms with van der Waals surface area (Å²) in [5.41, 5.74) is 2.41. The van der Waals surface area contributed by atoms with Gasteiger partial charge < -0.3 is 14.4 Å². The molecule has 0 radical (unpaired) electrons. The van der Waals surface area contributed by atoms with Gasteiger partial charge in [-0.15, -0.1) is 11.6 Å². The molecule has 0 aromatic heterocycles. The van der Waals surface area contributed by atoms with Crippen LogP contribution in [0.25, 0.3) is 6.08 Å². The minimum Gasteiger partial charge on any atom is -0.406 e. The third-order valence-corrected chi connectivity index (χ3v) is 8.08. The van der Waals surface area contributed by atoms with E-state index in [2.05, 4.69) is 17.0 Å². The number of hydrogen-bond donors (Lipinski definition) is 0. The number of cyclic esters (lactones) is 1. The fraction of sp³-hybridized carbons (Fsp3) is 0.583. The molecular weight excluding hydrogens is 400 g/mol. The van der Waals surface area contributed by atoms with Gasteiger partial charge in [0.1, 0.15) is 0 Å². The topological polar surface area (TPSA) is 51.1 Å². The van der Waals surface area contributed by atoms with E-state index in [1.54, 1.807) is 0 Å². The van der Waals surface area contributed by atoms with E-state index in [0.29, 0.717) is 23.4 Å². The van der Waals surface area contributed by atoms with E-state index in [4.69, 9.17) is 26.1 Å². The molecule has 1 aromatic rings. The van der Waals surface area contributed by atoms with Gasteiger partial charge in [0.2, 0.25) is 5.90 Å². The number of nitrogens with zero attached hydrogens (tertiary/aromatic N) is 2. The number of aliphatic imine (C=N–C) groups is 1. The molecule has 0 amide bonds. The molecule has 4 atom stereocenters. The Hall–Kier alpha value is -1.85. The van der Waals surface area contributed by atoms with Crippen LogP contribution in [0, 0.1) is 17.3 Å². The van der Waals surface area contributed by atoms with Crippen LogP contribution in [-0.4, -0.2) is 43.0 Å². The fourth-order valence-electron chi connectivity index (χ4n) is 6.80. The molecule has 2 heterocycles. The number of rotatable bonds is 3. The molecule has 4 aliphatic carbocycles. The van der Waals surface area contributed by atoms with E-state index >= 15 is 0 Å². The van der Waals surface area contributed by atoms with Crippen molar-refractivity contribution in [3.8, 4) is 0 Å². The van der Waals surface area contributed by atoms with Crippen molar-refractivity contribution in [2.75, 3.05) is 31.2 Å². The standard InChI is InChI=1S/C24H27ClN2O3/c25-24-13-17-9-18(14-24)12-23(11-17,15-24)22-26-20(21(28)30-22)10-16-1-3-19(4-2-16)27-5-7-29-8-6-27/h1-4,10,17-18H,5-9,11-15H2/b20-10-/t17-,18+,23?,24?. The Labute approximate surface area is 182 Å². The van der Waals surface area contributed by atoms with Crippen LogP contribution in [0.2, 0.25) is 0 Å². The summed E-state index contributed by atoms with van der Waals surface area (Å²) in [5.74, 6) is 1.58. The van der Waals surface area contributed by atoms with Gasteiger partial charge in [0.05, 0.1) is 13.2 Å². The Kier molecular flexibility index (Phi) is 4.30. The molecule has 4 bridgehead atoms. The molecule has 0 N–H and O–H groups in total. The molecule has 1 aromatic carbocycles. The molecule has 2 aliphatic heterocycles. The van der Waals surface area contributed by atoms with Crippen molar-refractivity contribution < 1.29 is 14.3 Å². The maximum atomic E-state index is 12.6. The Bertz CT molecular complexity index is 918. The van der Waals surface area contributed by atoms with Gasteiger partial charge in [0.25, 0.3) is 0 Å². The number of halogens is 1. The maximum absolute atomic E-state index is 12.6. The monoisotopic (exact) mass is 426 g/mol. The lowest BCUT2D eigenvalue weighted by Crippen LogP contribution is -2.56. The summed E-state index contributed by atoms with van der Waals surface area (Å²) in [6.07, 6.45) is 8.34. The number of carbonyl (C=O) groups excluding carboxylic acids is 1. The first-order valence-electron chi connectivity index (χ1n) is 11.2. The summed E-state index contributed by atoms with van der Waals surface area (Å²) >= 11 is 6.96. The van der Waals surface area contributed by atoms with Crippen molar-refractivity contribution in [2.45, 2.75) is 43.4 Å². The van der Waals surface area contributed by atoms with Crippen LogP contribution in [0.15, 0.2) is 35.0 Å². The molecule has 2 unspecified atom stereocenters. The van der Waals surface area contributed by atoms with Crippen LogP contribution >= 0.6 is 11.6 Å². The lowest BCUT2D eigenvalue weighted by molar-refractivity contribution is -0.131. The van der Waals surface area contributed by atoms with E-state index in [0.717, 1.165) is 64.0 Å². The maximum Gasteiger partial charge on any atom is 0.363 e. The molecular formula is C24H27ClN2O3. The molecule has 6 heteroatoms. The predicted octanol–water partition coefficient (Wildman–Crippen LogP) is 4.40. The van der Waals surface area contributed by atoms with E-state index in [1.165, 1.54) is 12.1 Å². The minimum absolute atomic E-state index is 0.124. The van der Waals surface area contributed by atoms with Gasteiger partial charge in [-0.3, -0.25) is 0 Å². The van der Waals surface area contributed by atoms with E-state index in [1.807, 2.05) is 18.2 Å². The van der Waals surface area contributed by atoms with Gasteiger partial charge in [-0.25, -0.2) is 9.79 Å². The number of hydrogen-bond acceptors (Lipinski definition) is 5. The SMILES string of the molecule is O=C1OC(C23C[C@@H]4C[C@@H](CC(Cl)(C4)C2)C3)=N/C1=C\c1ccc(N2CCOCC2)cc1. The van der Waals surface area contributed by atoms with Gasteiger partial charge in [0, 0.05) is 29.1 Å². The summed E-state index contributed by atoms with van der Waals surface area (Å²) in [5, 5.41) is 0. The van der Waals surface area contributed by atoms with Crippen molar-refractivity contribution in [1.82, 2.24) is 0 Å². The molecule has 7 rings (SSSR count). The van der Waals surface area contributed by atoms with Crippen LogP contribution in [-0.2, 0) is 14.3 Å². The lowest BCUT2D eigenvalue weighted by atomic mass is 9.49. The zero-order chi connectivity index (χ0) is 20.3. The molecule has 0 spiro atoms. The highest BCUT2D eigenvalue weighted by Crippen LogP contribution is 2.64. The van der Waals surface area contributed by atoms with Gasteiger partial charge >= 0.3 is 5.97 Å². The molecule has 1 saturated heterocycles. The van der Waals surface area contributed by atoms with Crippen LogP contribution in [0.3, 0.4) is 0 Å². The van der Waals surface area contributed by atoms with Crippen LogP contribution in [0.4, 0.5) is 5.69 Å². The highest BCUT2D eigenvalue weighted by atomic mass is 35.5. The highest BCUT2D eigenvalue weighted by Gasteiger charge is 2.60. The minimum atomic E-state index is -0.332. The molecule has 6 aliphatic rings. The quantitative estimate of drug-likeness (QED) is 0.408. The van der Waals surface area contributed by atoms with E-state index in [9.17, 15) is 4.79 Å². The van der Waals surface area contributed by atoms with Crippen molar-refractivity contribution in [3.63, 3.8) is 0 Å². The summed E-state index contributed by atoms with van der Waals surface area (Å²) in [6, 6.07) is 8.27. The smallest absolute Gasteiger partial charge is 0.363 e. The van der Waals surface area contributed by atoms with E-state index < -0.39 is 0 Å². The third-order valence-electron chi connectivity index (χ3n) is 7.64. The van der Waals surface area contributed by atoms with Crippen LogP contribution < -0.4 is 4.90 Å². The summed E-state index contributed by atoms with van der Waals surface area (Å²) in [4.78, 5) is 19.5. The van der Waals surface area contributed by atoms with Crippen molar-refractivity contribution in [3.05, 3.63) is 35.5 Å². The number of anilines is 1. The Morgan fingerprint density at radius 1 is 1.07 bits per heavy atom. The van der Waals surface area contributed by atoms with Gasteiger partial charge in [-0.2, -0.15) is 0 Å². The first-order valence-corrected chi connectivity index (χ1v) is 11.5. The molecule has 4 saturated carbocycles. The Morgan fingerprint density at radius 3 is 2.43 bits per heavy atom. The zero-order valence-corrected chi connectivity index (χ0v) is 17.9. The zero-order valence-electron chi connectivity index (χ0n) is 17.1. The van der Waals surface area contributed by atoms with Gasteiger partial charge in [0.15, 0.2) is 5.70 Å². The molecule has 30 heavy (non-hydrogen) atoms. The fourth-order valence-corrected chi connectivity index (χ4v) is 7.49. The highest BCUT2D eigenvalue weighted by molar-refractivity contribution is 6.24. The lowest BCUT2D eigenvalue weighted by Gasteiger charge is -2.59. The van der Waals surface area contributed by atoms with Crippen molar-refractivity contribution >= 4 is 35.2 Å². The second-order valence-corrected chi connectivity index (χ2v) is 10.7. The number of carbonyl (C=O) groups is 1. The number of benzene rings is 1. The van der Waals surface area contributed by atoms with Crippen molar-refractivity contribution in [1.29, 1.82) is 0 Å². The van der Waals surface area contributed by atoms with E-state index in [-0.39, 0.29) is 16.3 Å². The van der Waals surface area contributed by atoms with Gasteiger partial charge in [-0.1, -0.05) is 12.1 Å². The number of alkyl halides is 1. The van der Waals surface area contributed by atoms with Crippen LogP contribution in [0.1, 0.15) is 44.1 Å². The molecule has 5 nitrogen and oxygen atoms in total. The van der Waals surface area contributed by atoms with Crippen LogP contribution in [0.5, 0.6) is 0 Å². The second-order valence-electron chi connectivity index (χ2n) is 9.92. The Balaban J connectivity index is 1.25. The predicted molar refractivity (Wildman–Crippen MR) is 117 cm³/mol. The largest absolute Gasteiger partial charge is 0.406 e.